The van der Waals surface area contributed by atoms with Gasteiger partial charge in [0.1, 0.15) is 28.7 Å². The van der Waals surface area contributed by atoms with Crippen LogP contribution in [-0.4, -0.2) is 43.6 Å². The maximum absolute atomic E-state index is 15.3. The van der Waals surface area contributed by atoms with Gasteiger partial charge in [-0.15, -0.1) is 6.58 Å². The molecule has 5 rings (SSSR count). The fraction of sp³-hybridized carbons (Fsp3) is 0.333. The lowest BCUT2D eigenvalue weighted by Crippen LogP contribution is -2.33. The van der Waals surface area contributed by atoms with Crippen molar-refractivity contribution in [2.45, 2.75) is 44.8 Å². The number of methoxy groups -OCH3 is 1. The van der Waals surface area contributed by atoms with Crippen LogP contribution in [0, 0.1) is 28.9 Å². The van der Waals surface area contributed by atoms with E-state index >= 15 is 8.78 Å². The van der Waals surface area contributed by atoms with Crippen LogP contribution in [0.5, 0.6) is 0 Å². The molecule has 3 N–H and O–H groups in total. The van der Waals surface area contributed by atoms with Gasteiger partial charge in [0.2, 0.25) is 5.82 Å². The molecule has 0 radical (unpaired) electrons. The predicted molar refractivity (Wildman–Crippen MR) is 157 cm³/mol. The molecule has 4 aromatic rings. The molecule has 1 aliphatic rings. The fourth-order valence-corrected chi connectivity index (χ4v) is 5.87. The summed E-state index contributed by atoms with van der Waals surface area (Å²) in [5.74, 6) is -1.85. The van der Waals surface area contributed by atoms with Crippen molar-refractivity contribution in [3.8, 4) is 11.3 Å². The van der Waals surface area contributed by atoms with Crippen molar-refractivity contribution in [3.05, 3.63) is 83.2 Å². The number of nitrogens with one attached hydrogen (secondary N) is 1. The summed E-state index contributed by atoms with van der Waals surface area (Å²) in [5.41, 5.74) is 4.29. The Hall–Kier alpha value is -4.29. The maximum Gasteiger partial charge on any atom is 0.411 e. The summed E-state index contributed by atoms with van der Waals surface area (Å²) in [6.45, 7) is 5.88. The summed E-state index contributed by atoms with van der Waals surface area (Å²) >= 11 is 6.29. The van der Waals surface area contributed by atoms with Crippen LogP contribution in [0.3, 0.4) is 0 Å². The van der Waals surface area contributed by atoms with Crippen molar-refractivity contribution >= 4 is 34.8 Å². The molecule has 1 saturated carbocycles. The number of ether oxygens (including phenoxy) is 2. The zero-order valence-electron chi connectivity index (χ0n) is 23.6. The number of hydrogen-bond donors (Lipinski definition) is 2. The molecule has 10 nitrogen and oxygen atoms in total. The van der Waals surface area contributed by atoms with Crippen LogP contribution in [-0.2, 0) is 21.6 Å². The van der Waals surface area contributed by atoms with Gasteiger partial charge >= 0.3 is 6.09 Å². The number of nitrogens with zero attached hydrogens (tertiary/aromatic N) is 5. The van der Waals surface area contributed by atoms with E-state index in [1.54, 1.807) is 6.07 Å². The Kier molecular flexibility index (Phi) is 8.52. The van der Waals surface area contributed by atoms with Crippen molar-refractivity contribution < 1.29 is 23.0 Å². The molecule has 1 aliphatic carbocycles. The Bertz CT molecular complexity index is 1700. The van der Waals surface area contributed by atoms with E-state index in [9.17, 15) is 4.79 Å². The molecule has 13 heteroatoms. The van der Waals surface area contributed by atoms with Crippen LogP contribution in [0.25, 0.3) is 22.4 Å². The molecule has 43 heavy (non-hydrogen) atoms. The third kappa shape index (κ3) is 5.84. The zero-order chi connectivity index (χ0) is 30.9. The Morgan fingerprint density at radius 3 is 2.51 bits per heavy atom. The summed E-state index contributed by atoms with van der Waals surface area (Å²) < 4.78 is 43.1. The van der Waals surface area contributed by atoms with Crippen LogP contribution in [0.2, 0.25) is 5.02 Å². The molecule has 1 atom stereocenters. The zero-order valence-corrected chi connectivity index (χ0v) is 24.4. The minimum atomic E-state index is -1.71. The number of primary amides is 1. The summed E-state index contributed by atoms with van der Waals surface area (Å²) in [7, 11) is 1.35. The van der Waals surface area contributed by atoms with Gasteiger partial charge in [0, 0.05) is 31.6 Å². The normalized spacial score (nSPS) is 18.3. The predicted octanol–water partition coefficient (Wildman–Crippen LogP) is 6.14. The molecule has 1 aromatic carbocycles. The highest BCUT2D eigenvalue weighted by Gasteiger charge is 2.41. The van der Waals surface area contributed by atoms with Crippen molar-refractivity contribution in [1.29, 1.82) is 5.41 Å². The first-order valence-corrected chi connectivity index (χ1v) is 14.0. The van der Waals surface area contributed by atoms with Crippen LogP contribution in [0.1, 0.15) is 49.8 Å². The number of rotatable bonds is 8. The Balaban J connectivity index is 1.82. The number of nitrogens with two attached hydrogens (primary N) is 1. The Morgan fingerprint density at radius 2 is 1.91 bits per heavy atom. The topological polar surface area (TPSA) is 142 Å². The van der Waals surface area contributed by atoms with Gasteiger partial charge in [0.25, 0.3) is 5.90 Å². The molecule has 0 spiro atoms. The second-order valence-electron chi connectivity index (χ2n) is 10.6. The summed E-state index contributed by atoms with van der Waals surface area (Å²) in [6.07, 6.45) is 7.40. The number of hydrogen-bond acceptors (Lipinski definition) is 8. The lowest BCUT2D eigenvalue weighted by Gasteiger charge is -2.32. The van der Waals surface area contributed by atoms with E-state index in [-0.39, 0.29) is 34.5 Å². The smallest absolute Gasteiger partial charge is 0.388 e. The highest BCUT2D eigenvalue weighted by atomic mass is 35.5. The number of allylic oxidation sites excluding steroid dienone is 1. The molecule has 0 aliphatic heterocycles. The molecular formula is C30H30ClF2N7O3. The number of imidazole rings is 1. The van der Waals surface area contributed by atoms with Crippen molar-refractivity contribution in [1.82, 2.24) is 24.5 Å². The molecule has 1 unspecified atom stereocenters. The molecule has 0 bridgehead atoms. The highest BCUT2D eigenvalue weighted by Crippen LogP contribution is 2.40. The largest absolute Gasteiger partial charge is 0.411 e. The van der Waals surface area contributed by atoms with E-state index in [4.69, 9.17) is 37.2 Å². The molecule has 1 fully saturated rings. The van der Waals surface area contributed by atoms with E-state index in [0.717, 1.165) is 37.8 Å². The summed E-state index contributed by atoms with van der Waals surface area (Å²) in [4.78, 5) is 29.3. The monoisotopic (exact) mass is 609 g/mol. The van der Waals surface area contributed by atoms with Gasteiger partial charge in [-0.25, -0.2) is 28.5 Å². The number of fused-ring (bicyclic) bond motifs is 1. The van der Waals surface area contributed by atoms with Gasteiger partial charge < -0.3 is 19.8 Å². The second kappa shape index (κ2) is 12.1. The van der Waals surface area contributed by atoms with Crippen molar-refractivity contribution in [2.24, 2.45) is 17.6 Å². The highest BCUT2D eigenvalue weighted by molar-refractivity contribution is 6.30. The first kappa shape index (κ1) is 30.2. The van der Waals surface area contributed by atoms with Crippen LogP contribution in [0.4, 0.5) is 13.6 Å². The van der Waals surface area contributed by atoms with Crippen molar-refractivity contribution in [3.63, 3.8) is 0 Å². The average Bonchev–Trinajstić information content (AvgIpc) is 3.35. The van der Waals surface area contributed by atoms with Gasteiger partial charge in [-0.05, 0) is 62.6 Å². The number of amides is 1. The molecule has 3 aromatic heterocycles. The van der Waals surface area contributed by atoms with Crippen LogP contribution in [0.15, 0.2) is 49.3 Å². The van der Waals surface area contributed by atoms with Gasteiger partial charge in [0.05, 0.1) is 10.6 Å². The summed E-state index contributed by atoms with van der Waals surface area (Å²) in [5, 5.41) is 8.55. The fourth-order valence-electron chi connectivity index (χ4n) is 5.69. The molecule has 1 amide bonds. The lowest BCUT2D eigenvalue weighted by molar-refractivity contribution is 0.0217. The van der Waals surface area contributed by atoms with Crippen LogP contribution < -0.4 is 5.73 Å². The number of benzene rings is 1. The second-order valence-corrected chi connectivity index (χ2v) is 11.0. The Morgan fingerprint density at radius 1 is 1.21 bits per heavy atom. The first-order chi connectivity index (χ1) is 20.5. The minimum Gasteiger partial charge on any atom is -0.388 e. The van der Waals surface area contributed by atoms with E-state index < -0.39 is 29.2 Å². The molecule has 0 saturated heterocycles. The third-order valence-corrected chi connectivity index (χ3v) is 8.13. The number of pyridine rings is 1. The van der Waals surface area contributed by atoms with E-state index in [0.29, 0.717) is 28.6 Å². The minimum absolute atomic E-state index is 0.0765. The van der Waals surface area contributed by atoms with E-state index in [1.807, 2.05) is 10.6 Å². The van der Waals surface area contributed by atoms with E-state index in [1.165, 1.54) is 32.5 Å². The molecule has 224 valence electrons. The average molecular weight is 610 g/mol. The third-order valence-electron chi connectivity index (χ3n) is 7.93. The maximum atomic E-state index is 15.3. The number of carbonyl (C=O) groups is 1. The summed E-state index contributed by atoms with van der Waals surface area (Å²) in [6, 6.07) is 5.21. The molecule has 3 heterocycles. The van der Waals surface area contributed by atoms with Crippen molar-refractivity contribution in [2.75, 3.05) is 7.11 Å². The van der Waals surface area contributed by atoms with Gasteiger partial charge in [-0.2, -0.15) is 0 Å². The number of halogens is 3. The molecular weight excluding hydrogens is 580 g/mol. The van der Waals surface area contributed by atoms with Crippen LogP contribution >= 0.6 is 11.6 Å². The SMILES string of the molecule is C=C[C@H]1CC[C@H](Cn2c(C(C)(OC)c3c(F)cccc3F)nc3nc(C(=N)OC(N)=O)nc(-c4cncc(Cl)c4)c32)CC1. The quantitative estimate of drug-likeness (QED) is 0.139. The Labute approximate surface area is 251 Å². The van der Waals surface area contributed by atoms with E-state index in [2.05, 4.69) is 21.5 Å². The first-order valence-electron chi connectivity index (χ1n) is 13.6. The van der Waals surface area contributed by atoms with Gasteiger partial charge in [0.15, 0.2) is 11.2 Å². The van der Waals surface area contributed by atoms with Gasteiger partial charge in [-0.1, -0.05) is 23.7 Å². The number of aromatic nitrogens is 5. The number of carbonyl (C=O) groups excluding carboxylic acids is 1. The lowest BCUT2D eigenvalue weighted by atomic mass is 9.82. The standard InChI is InChI=1S/C30H30ClF2N7O3/c1-4-16-8-10-17(11-9-16)15-40-24-23(18-12-19(31)14-36-13-18)37-27(25(34)43-29(35)41)38-26(24)39-28(40)30(2,42-3)22-20(32)6-5-7-21(22)33/h4-7,12-14,16-17,34H,1,8-11,15H2,2-3H3,(H2,35,41)/t16-,17-,30?. The van der Waals surface area contributed by atoms with Gasteiger partial charge in [-0.3, -0.25) is 10.4 Å².